The maximum absolute atomic E-state index is 5.25. The number of aromatic nitrogens is 2. The molecule has 0 aliphatic heterocycles. The van der Waals surface area contributed by atoms with Gasteiger partial charge in [0.25, 0.3) is 0 Å². The Morgan fingerprint density at radius 1 is 1.35 bits per heavy atom. The van der Waals surface area contributed by atoms with E-state index in [1.165, 1.54) is 0 Å². The van der Waals surface area contributed by atoms with Gasteiger partial charge in [0.05, 0.1) is 12.7 Å². The zero-order valence-electron chi connectivity index (χ0n) is 9.93. The van der Waals surface area contributed by atoms with E-state index in [4.69, 9.17) is 9.26 Å². The maximum Gasteiger partial charge on any atom is 0.321 e. The van der Waals surface area contributed by atoms with Gasteiger partial charge in [-0.2, -0.15) is 4.98 Å². The Morgan fingerprint density at radius 3 is 2.94 bits per heavy atom. The predicted octanol–water partition coefficient (Wildman–Crippen LogP) is 2.57. The van der Waals surface area contributed by atoms with Gasteiger partial charge in [0.15, 0.2) is 0 Å². The Balaban J connectivity index is 2.24. The molecule has 5 heteroatoms. The van der Waals surface area contributed by atoms with Gasteiger partial charge in [0, 0.05) is 6.54 Å². The number of nitrogens with one attached hydrogen (secondary N) is 1. The summed E-state index contributed by atoms with van der Waals surface area (Å²) >= 11 is 0. The van der Waals surface area contributed by atoms with Crippen molar-refractivity contribution in [1.29, 1.82) is 0 Å². The molecule has 0 fully saturated rings. The lowest BCUT2D eigenvalue weighted by Crippen LogP contribution is -1.99. The van der Waals surface area contributed by atoms with Crippen LogP contribution in [0.5, 0.6) is 5.75 Å². The van der Waals surface area contributed by atoms with E-state index < -0.39 is 0 Å². The molecule has 0 bridgehead atoms. The van der Waals surface area contributed by atoms with Crippen LogP contribution >= 0.6 is 0 Å². The van der Waals surface area contributed by atoms with E-state index in [9.17, 15) is 0 Å². The molecule has 1 N–H and O–H groups in total. The van der Waals surface area contributed by atoms with E-state index >= 15 is 0 Å². The van der Waals surface area contributed by atoms with Crippen molar-refractivity contribution in [3.63, 3.8) is 0 Å². The minimum absolute atomic E-state index is 0.438. The summed E-state index contributed by atoms with van der Waals surface area (Å²) in [4.78, 5) is 4.26. The molecule has 0 atom stereocenters. The lowest BCUT2D eigenvalue weighted by molar-refractivity contribution is 0.413. The van der Waals surface area contributed by atoms with E-state index in [1.54, 1.807) is 7.11 Å². The molecule has 1 aromatic heterocycles. The topological polar surface area (TPSA) is 60.2 Å². The molecule has 0 radical (unpaired) electrons. The lowest BCUT2D eigenvalue weighted by atomic mass is 10.2. The molecule has 17 heavy (non-hydrogen) atoms. The Labute approximate surface area is 99.8 Å². The van der Waals surface area contributed by atoms with Gasteiger partial charge < -0.3 is 14.6 Å². The Bertz CT molecular complexity index is 482. The number of benzene rings is 1. The average molecular weight is 233 g/mol. The van der Waals surface area contributed by atoms with Gasteiger partial charge >= 0.3 is 6.01 Å². The Morgan fingerprint density at radius 2 is 2.18 bits per heavy atom. The molecule has 90 valence electrons. The smallest absolute Gasteiger partial charge is 0.321 e. The van der Waals surface area contributed by atoms with Crippen LogP contribution in [-0.2, 0) is 0 Å². The van der Waals surface area contributed by atoms with Crippen molar-refractivity contribution in [2.45, 2.75) is 13.3 Å². The van der Waals surface area contributed by atoms with Crippen molar-refractivity contribution < 1.29 is 9.26 Å². The fraction of sp³-hybridized carbons (Fsp3) is 0.333. The highest BCUT2D eigenvalue weighted by Crippen LogP contribution is 2.27. The van der Waals surface area contributed by atoms with Gasteiger partial charge in [-0.3, -0.25) is 0 Å². The first-order valence-electron chi connectivity index (χ1n) is 5.56. The molecule has 0 amide bonds. The first-order chi connectivity index (χ1) is 8.35. The maximum atomic E-state index is 5.25. The summed E-state index contributed by atoms with van der Waals surface area (Å²) in [6.07, 6.45) is 1.01. The summed E-state index contributed by atoms with van der Waals surface area (Å²) in [6.45, 7) is 2.89. The van der Waals surface area contributed by atoms with Gasteiger partial charge in [0.2, 0.25) is 5.82 Å². The summed E-state index contributed by atoms with van der Waals surface area (Å²) < 4.78 is 10.3. The fourth-order valence-electron chi connectivity index (χ4n) is 1.47. The standard InChI is InChI=1S/C12H15N3O2/c1-3-8-13-12-14-11(15-17-12)9-6-4-5-7-10(9)16-2/h4-7H,3,8H2,1-2H3,(H,13,14,15). The van der Waals surface area contributed by atoms with Crippen LogP contribution in [0.2, 0.25) is 0 Å². The summed E-state index contributed by atoms with van der Waals surface area (Å²) in [5.41, 5.74) is 0.822. The molecule has 0 saturated carbocycles. The SMILES string of the molecule is CCCNc1nc(-c2ccccc2OC)no1. The quantitative estimate of drug-likeness (QED) is 0.860. The third kappa shape index (κ3) is 2.55. The molecule has 0 aliphatic carbocycles. The van der Waals surface area contributed by atoms with Crippen molar-refractivity contribution >= 4 is 6.01 Å². The van der Waals surface area contributed by atoms with Gasteiger partial charge in [-0.25, -0.2) is 0 Å². The molecule has 0 spiro atoms. The summed E-state index contributed by atoms with van der Waals surface area (Å²) in [7, 11) is 1.62. The molecular formula is C12H15N3O2. The molecule has 2 aromatic rings. The zero-order chi connectivity index (χ0) is 12.1. The van der Waals surface area contributed by atoms with Gasteiger partial charge in [-0.05, 0) is 18.6 Å². The van der Waals surface area contributed by atoms with Crippen molar-refractivity contribution in [2.24, 2.45) is 0 Å². The van der Waals surface area contributed by atoms with Crippen LogP contribution in [0.25, 0.3) is 11.4 Å². The molecule has 5 nitrogen and oxygen atoms in total. The normalized spacial score (nSPS) is 10.2. The number of hydrogen-bond donors (Lipinski definition) is 1. The van der Waals surface area contributed by atoms with Crippen LogP contribution in [0.4, 0.5) is 6.01 Å². The van der Waals surface area contributed by atoms with Crippen LogP contribution in [0.3, 0.4) is 0 Å². The van der Waals surface area contributed by atoms with Crippen LogP contribution in [0.15, 0.2) is 28.8 Å². The van der Waals surface area contributed by atoms with E-state index in [0.29, 0.717) is 11.8 Å². The largest absolute Gasteiger partial charge is 0.496 e. The molecule has 0 saturated heterocycles. The van der Waals surface area contributed by atoms with Gasteiger partial charge in [0.1, 0.15) is 5.75 Å². The monoisotopic (exact) mass is 233 g/mol. The molecule has 1 aromatic carbocycles. The van der Waals surface area contributed by atoms with Gasteiger partial charge in [-0.15, -0.1) is 0 Å². The van der Waals surface area contributed by atoms with Gasteiger partial charge in [-0.1, -0.05) is 24.2 Å². The highest BCUT2D eigenvalue weighted by molar-refractivity contribution is 5.64. The third-order valence-corrected chi connectivity index (χ3v) is 2.30. The fourth-order valence-corrected chi connectivity index (χ4v) is 1.47. The second kappa shape index (κ2) is 5.34. The van der Waals surface area contributed by atoms with Crippen molar-refractivity contribution in [3.05, 3.63) is 24.3 Å². The van der Waals surface area contributed by atoms with Crippen molar-refractivity contribution in [2.75, 3.05) is 19.0 Å². The predicted molar refractivity (Wildman–Crippen MR) is 65.1 cm³/mol. The molecule has 0 unspecified atom stereocenters. The highest BCUT2D eigenvalue weighted by Gasteiger charge is 2.11. The second-order valence-corrected chi connectivity index (χ2v) is 3.55. The summed E-state index contributed by atoms with van der Waals surface area (Å²) in [5, 5.41) is 6.96. The minimum atomic E-state index is 0.438. The first-order valence-corrected chi connectivity index (χ1v) is 5.56. The molecular weight excluding hydrogens is 218 g/mol. The van der Waals surface area contributed by atoms with Crippen LogP contribution in [0.1, 0.15) is 13.3 Å². The first kappa shape index (κ1) is 11.4. The second-order valence-electron chi connectivity index (χ2n) is 3.55. The summed E-state index contributed by atoms with van der Waals surface area (Å²) in [5.74, 6) is 1.26. The number of para-hydroxylation sites is 1. The van der Waals surface area contributed by atoms with Crippen LogP contribution in [-0.4, -0.2) is 23.8 Å². The third-order valence-electron chi connectivity index (χ3n) is 2.30. The number of methoxy groups -OCH3 is 1. The number of nitrogens with zero attached hydrogens (tertiary/aromatic N) is 2. The van der Waals surface area contributed by atoms with E-state index in [2.05, 4.69) is 22.4 Å². The number of ether oxygens (including phenoxy) is 1. The number of anilines is 1. The summed E-state index contributed by atoms with van der Waals surface area (Å²) in [6, 6.07) is 8.01. The molecule has 1 heterocycles. The highest BCUT2D eigenvalue weighted by atomic mass is 16.5. The number of rotatable bonds is 5. The lowest BCUT2D eigenvalue weighted by Gasteiger charge is -2.03. The average Bonchev–Trinajstić information content (AvgIpc) is 2.85. The molecule has 0 aliphatic rings. The number of hydrogen-bond acceptors (Lipinski definition) is 5. The van der Waals surface area contributed by atoms with E-state index in [0.717, 1.165) is 24.3 Å². The Kier molecular flexibility index (Phi) is 3.59. The van der Waals surface area contributed by atoms with Crippen LogP contribution in [0, 0.1) is 0 Å². The minimum Gasteiger partial charge on any atom is -0.496 e. The zero-order valence-corrected chi connectivity index (χ0v) is 9.93. The Hall–Kier alpha value is -2.04. The van der Waals surface area contributed by atoms with Crippen molar-refractivity contribution in [3.8, 4) is 17.1 Å². The van der Waals surface area contributed by atoms with E-state index in [1.807, 2.05) is 24.3 Å². The van der Waals surface area contributed by atoms with Crippen LogP contribution < -0.4 is 10.1 Å². The van der Waals surface area contributed by atoms with Crippen molar-refractivity contribution in [1.82, 2.24) is 10.1 Å². The van der Waals surface area contributed by atoms with E-state index in [-0.39, 0.29) is 0 Å². The molecule has 2 rings (SSSR count).